The van der Waals surface area contributed by atoms with E-state index in [4.69, 9.17) is 0 Å². The van der Waals surface area contributed by atoms with Crippen molar-refractivity contribution in [2.75, 3.05) is 0 Å². The molecule has 0 aliphatic carbocycles. The molecule has 0 unspecified atom stereocenters. The van der Waals surface area contributed by atoms with Gasteiger partial charge < -0.3 is 4.98 Å². The molecule has 6 heteroatoms. The van der Waals surface area contributed by atoms with E-state index in [1.54, 1.807) is 13.8 Å². The maximum atomic E-state index is 12.3. The van der Waals surface area contributed by atoms with Crippen molar-refractivity contribution in [2.45, 2.75) is 26.8 Å². The van der Waals surface area contributed by atoms with Gasteiger partial charge in [0, 0.05) is 17.1 Å². The number of aromatic nitrogens is 3. The standard InChI is InChI=1S/C10H11F2N3O/c1-5-3-8(16)13-10-9(5)6(2)15(14-10)4-7(11)12/h3,7H,4H2,1-2H3,(H,13,14,16). The Hall–Kier alpha value is -1.72. The highest BCUT2D eigenvalue weighted by Crippen LogP contribution is 2.18. The van der Waals surface area contributed by atoms with Gasteiger partial charge in [0.1, 0.15) is 6.54 Å². The van der Waals surface area contributed by atoms with E-state index < -0.39 is 13.0 Å². The average Bonchev–Trinajstić information content (AvgIpc) is 2.41. The molecule has 2 aromatic heterocycles. The number of aryl methyl sites for hydroxylation is 2. The highest BCUT2D eigenvalue weighted by Gasteiger charge is 2.13. The number of rotatable bonds is 2. The van der Waals surface area contributed by atoms with E-state index in [2.05, 4.69) is 10.1 Å². The average molecular weight is 227 g/mol. The number of hydrogen-bond acceptors (Lipinski definition) is 2. The molecule has 0 saturated carbocycles. The number of hydrogen-bond donors (Lipinski definition) is 1. The summed E-state index contributed by atoms with van der Waals surface area (Å²) in [5, 5.41) is 4.69. The molecule has 0 amide bonds. The second-order valence-electron chi connectivity index (χ2n) is 3.70. The van der Waals surface area contributed by atoms with Gasteiger partial charge in [-0.3, -0.25) is 9.48 Å². The SMILES string of the molecule is Cc1cc(=O)[nH]c2nn(CC(F)F)c(C)c12. The van der Waals surface area contributed by atoms with Crippen LogP contribution in [-0.2, 0) is 6.54 Å². The van der Waals surface area contributed by atoms with Crippen LogP contribution in [0.5, 0.6) is 0 Å². The van der Waals surface area contributed by atoms with E-state index in [1.807, 2.05) is 0 Å². The van der Waals surface area contributed by atoms with Crippen molar-refractivity contribution in [3.8, 4) is 0 Å². The summed E-state index contributed by atoms with van der Waals surface area (Å²) < 4.78 is 25.8. The molecule has 2 heterocycles. The quantitative estimate of drug-likeness (QED) is 0.847. The van der Waals surface area contributed by atoms with Crippen LogP contribution in [0.2, 0.25) is 0 Å². The Morgan fingerprint density at radius 1 is 1.50 bits per heavy atom. The van der Waals surface area contributed by atoms with E-state index >= 15 is 0 Å². The van der Waals surface area contributed by atoms with Gasteiger partial charge in [-0.25, -0.2) is 8.78 Å². The first-order valence-corrected chi connectivity index (χ1v) is 4.84. The highest BCUT2D eigenvalue weighted by molar-refractivity contribution is 5.81. The molecular weight excluding hydrogens is 216 g/mol. The zero-order valence-electron chi connectivity index (χ0n) is 8.92. The van der Waals surface area contributed by atoms with Gasteiger partial charge in [-0.05, 0) is 19.4 Å². The highest BCUT2D eigenvalue weighted by atomic mass is 19.3. The van der Waals surface area contributed by atoms with Crippen molar-refractivity contribution in [3.63, 3.8) is 0 Å². The molecule has 16 heavy (non-hydrogen) atoms. The molecule has 0 aromatic carbocycles. The summed E-state index contributed by atoms with van der Waals surface area (Å²) in [5.74, 6) is 0. The molecule has 0 spiro atoms. The summed E-state index contributed by atoms with van der Waals surface area (Å²) in [4.78, 5) is 13.7. The van der Waals surface area contributed by atoms with E-state index in [0.717, 1.165) is 10.9 Å². The normalized spacial score (nSPS) is 11.6. The van der Waals surface area contributed by atoms with Crippen molar-refractivity contribution in [3.05, 3.63) is 27.7 Å². The van der Waals surface area contributed by atoms with Crippen LogP contribution in [0.3, 0.4) is 0 Å². The smallest absolute Gasteiger partial charge is 0.257 e. The third-order valence-corrected chi connectivity index (χ3v) is 2.50. The largest absolute Gasteiger partial charge is 0.305 e. The molecular formula is C10H11F2N3O. The van der Waals surface area contributed by atoms with Crippen LogP contribution >= 0.6 is 0 Å². The van der Waals surface area contributed by atoms with Gasteiger partial charge in [-0.2, -0.15) is 5.10 Å². The maximum absolute atomic E-state index is 12.3. The minimum atomic E-state index is -2.46. The first-order valence-electron chi connectivity index (χ1n) is 4.84. The molecule has 2 aromatic rings. The number of H-pyrrole nitrogens is 1. The van der Waals surface area contributed by atoms with Gasteiger partial charge in [0.25, 0.3) is 6.43 Å². The van der Waals surface area contributed by atoms with Crippen molar-refractivity contribution in [1.29, 1.82) is 0 Å². The minimum Gasteiger partial charge on any atom is -0.305 e. The number of pyridine rings is 1. The Balaban J connectivity index is 2.68. The molecule has 1 N–H and O–H groups in total. The zero-order chi connectivity index (χ0) is 11.9. The molecule has 0 radical (unpaired) electrons. The number of fused-ring (bicyclic) bond motifs is 1. The topological polar surface area (TPSA) is 50.7 Å². The van der Waals surface area contributed by atoms with Crippen LogP contribution in [0.4, 0.5) is 8.78 Å². The number of alkyl halides is 2. The number of halogens is 2. The fourth-order valence-corrected chi connectivity index (χ4v) is 1.84. The summed E-state index contributed by atoms with van der Waals surface area (Å²) in [6, 6.07) is 1.43. The Labute approximate surface area is 89.9 Å². The summed E-state index contributed by atoms with van der Waals surface area (Å²) in [7, 11) is 0. The van der Waals surface area contributed by atoms with E-state index in [9.17, 15) is 13.6 Å². The van der Waals surface area contributed by atoms with Crippen LogP contribution in [0.25, 0.3) is 11.0 Å². The summed E-state index contributed by atoms with van der Waals surface area (Å²) in [6.45, 7) is 3.02. The first-order chi connectivity index (χ1) is 7.49. The van der Waals surface area contributed by atoms with E-state index in [0.29, 0.717) is 11.3 Å². The summed E-state index contributed by atoms with van der Waals surface area (Å²) >= 11 is 0. The first kappa shape index (κ1) is 10.8. The van der Waals surface area contributed by atoms with Gasteiger partial charge in [0.2, 0.25) is 5.56 Å². The van der Waals surface area contributed by atoms with Crippen molar-refractivity contribution >= 4 is 11.0 Å². The third-order valence-electron chi connectivity index (χ3n) is 2.50. The summed E-state index contributed by atoms with van der Waals surface area (Å²) in [6.07, 6.45) is -2.46. The molecule has 0 saturated heterocycles. The lowest BCUT2D eigenvalue weighted by Gasteiger charge is -2.02. The predicted molar refractivity (Wildman–Crippen MR) is 55.8 cm³/mol. The Kier molecular flexibility index (Phi) is 2.49. The predicted octanol–water partition coefficient (Wildman–Crippen LogP) is 1.61. The Morgan fingerprint density at radius 2 is 2.19 bits per heavy atom. The van der Waals surface area contributed by atoms with Gasteiger partial charge in [0.05, 0.1) is 0 Å². The number of nitrogens with one attached hydrogen (secondary N) is 1. The van der Waals surface area contributed by atoms with Crippen molar-refractivity contribution < 1.29 is 8.78 Å². The fraction of sp³-hybridized carbons (Fsp3) is 0.400. The molecule has 2 rings (SSSR count). The van der Waals surface area contributed by atoms with E-state index in [-0.39, 0.29) is 5.56 Å². The molecule has 0 aliphatic heterocycles. The second kappa shape index (κ2) is 3.70. The second-order valence-corrected chi connectivity index (χ2v) is 3.70. The van der Waals surface area contributed by atoms with Gasteiger partial charge in [0.15, 0.2) is 5.65 Å². The van der Waals surface area contributed by atoms with Crippen LogP contribution in [0.15, 0.2) is 10.9 Å². The molecule has 0 bridgehead atoms. The zero-order valence-corrected chi connectivity index (χ0v) is 8.92. The van der Waals surface area contributed by atoms with Crippen LogP contribution in [0.1, 0.15) is 11.3 Å². The van der Waals surface area contributed by atoms with Gasteiger partial charge >= 0.3 is 0 Å². The number of aromatic amines is 1. The lowest BCUT2D eigenvalue weighted by atomic mass is 10.2. The van der Waals surface area contributed by atoms with Crippen LogP contribution in [0, 0.1) is 13.8 Å². The lowest BCUT2D eigenvalue weighted by molar-refractivity contribution is 0.121. The van der Waals surface area contributed by atoms with Crippen LogP contribution in [-0.4, -0.2) is 21.2 Å². The fourth-order valence-electron chi connectivity index (χ4n) is 1.84. The molecule has 0 aliphatic rings. The Bertz CT molecular complexity index is 585. The van der Waals surface area contributed by atoms with Gasteiger partial charge in [-0.15, -0.1) is 0 Å². The van der Waals surface area contributed by atoms with Gasteiger partial charge in [-0.1, -0.05) is 0 Å². The monoisotopic (exact) mass is 227 g/mol. The van der Waals surface area contributed by atoms with Crippen molar-refractivity contribution in [2.24, 2.45) is 0 Å². The minimum absolute atomic E-state index is 0.272. The lowest BCUT2D eigenvalue weighted by Crippen LogP contribution is -2.09. The molecule has 4 nitrogen and oxygen atoms in total. The summed E-state index contributed by atoms with van der Waals surface area (Å²) in [5.41, 5.74) is 1.48. The third kappa shape index (κ3) is 1.70. The van der Waals surface area contributed by atoms with E-state index in [1.165, 1.54) is 10.7 Å². The van der Waals surface area contributed by atoms with Crippen molar-refractivity contribution in [1.82, 2.24) is 14.8 Å². The van der Waals surface area contributed by atoms with Crippen LogP contribution < -0.4 is 5.56 Å². The Morgan fingerprint density at radius 3 is 2.81 bits per heavy atom. The maximum Gasteiger partial charge on any atom is 0.257 e. The molecule has 86 valence electrons. The molecule has 0 atom stereocenters. The number of nitrogens with zero attached hydrogens (tertiary/aromatic N) is 2. The molecule has 0 fully saturated rings.